The van der Waals surface area contributed by atoms with Crippen LogP contribution in [0.5, 0.6) is 0 Å². The zero-order valence-corrected chi connectivity index (χ0v) is 20.8. The first kappa shape index (κ1) is 20.1. The molecular formula is C16H26S8. The first-order valence-corrected chi connectivity index (χ1v) is 17.8. The monoisotopic (exact) mass is 474 g/mol. The van der Waals surface area contributed by atoms with Gasteiger partial charge in [0.2, 0.25) is 0 Å². The van der Waals surface area contributed by atoms with Crippen LogP contribution in [0.3, 0.4) is 0 Å². The molecule has 0 aliphatic heterocycles. The van der Waals surface area contributed by atoms with Crippen LogP contribution in [0, 0.1) is 41.4 Å². The minimum atomic E-state index is 0.727. The van der Waals surface area contributed by atoms with Gasteiger partial charge in [0.05, 0.1) is 0 Å². The molecule has 11 atom stereocenters. The van der Waals surface area contributed by atoms with Crippen LogP contribution in [0.25, 0.3) is 0 Å². The lowest BCUT2D eigenvalue weighted by Crippen LogP contribution is -2.62. The quantitative estimate of drug-likeness (QED) is 0.318. The second kappa shape index (κ2) is 8.27. The fourth-order valence-electron chi connectivity index (χ4n) is 6.71. The lowest BCUT2D eigenvalue weighted by Gasteiger charge is -2.63. The Morgan fingerprint density at radius 1 is 0.708 bits per heavy atom. The van der Waals surface area contributed by atoms with Gasteiger partial charge in [-0.3, -0.25) is 0 Å². The summed E-state index contributed by atoms with van der Waals surface area (Å²) in [7, 11) is 11.9. The fraction of sp³-hybridized carbons (Fsp3) is 1.00. The molecule has 0 amide bonds. The van der Waals surface area contributed by atoms with E-state index in [1.54, 1.807) is 0 Å². The highest BCUT2D eigenvalue weighted by molar-refractivity contribution is 8.77. The molecule has 2 bridgehead atoms. The molecule has 4 aliphatic carbocycles. The van der Waals surface area contributed by atoms with E-state index in [9.17, 15) is 0 Å². The molecule has 0 saturated heterocycles. The highest BCUT2D eigenvalue weighted by Gasteiger charge is 2.70. The Morgan fingerprint density at radius 2 is 1.38 bits per heavy atom. The third kappa shape index (κ3) is 2.97. The Kier molecular flexibility index (Phi) is 6.92. The summed E-state index contributed by atoms with van der Waals surface area (Å²) in [4.78, 5) is 0. The van der Waals surface area contributed by atoms with Crippen molar-refractivity contribution in [2.75, 3.05) is 12.5 Å². The standard InChI is InChI=1S/C16H26S8/c1-6-11-7(5-10(23-19-2)14(6)21-17)12-8-4-9(13(11)12)15(22-18)16(8)24-20-3/h6-18H,4-5H2,1-3H3/t6?,7?,8?,9?,10?,11?,12-,13-,14?,15?,16?/m0/s1. The molecule has 0 aromatic carbocycles. The van der Waals surface area contributed by atoms with Crippen LogP contribution >= 0.6 is 88.1 Å². The van der Waals surface area contributed by atoms with Crippen molar-refractivity contribution >= 4 is 88.1 Å². The van der Waals surface area contributed by atoms with Crippen LogP contribution in [0.15, 0.2) is 0 Å². The average molecular weight is 475 g/mol. The zero-order chi connectivity index (χ0) is 17.0. The van der Waals surface area contributed by atoms with Gasteiger partial charge in [0.1, 0.15) is 0 Å². The van der Waals surface area contributed by atoms with Crippen LogP contribution in [-0.4, -0.2) is 33.5 Å². The van der Waals surface area contributed by atoms with Crippen molar-refractivity contribution in [3.63, 3.8) is 0 Å². The van der Waals surface area contributed by atoms with E-state index in [0.29, 0.717) is 0 Å². The van der Waals surface area contributed by atoms with E-state index in [2.05, 4.69) is 64.3 Å². The lowest BCUT2D eigenvalue weighted by atomic mass is 9.45. The molecule has 8 heteroatoms. The van der Waals surface area contributed by atoms with Gasteiger partial charge >= 0.3 is 0 Å². The largest absolute Gasteiger partial charge is 0.111 e. The van der Waals surface area contributed by atoms with E-state index in [4.69, 9.17) is 0 Å². The molecule has 0 heterocycles. The van der Waals surface area contributed by atoms with E-state index in [0.717, 1.165) is 62.4 Å². The normalized spacial score (nSPS) is 55.1. The number of fused-ring (bicyclic) bond motifs is 8. The molecule has 0 spiro atoms. The lowest BCUT2D eigenvalue weighted by molar-refractivity contribution is -0.105. The van der Waals surface area contributed by atoms with E-state index >= 15 is 0 Å². The third-order valence-corrected chi connectivity index (χ3v) is 15.5. The summed E-state index contributed by atoms with van der Waals surface area (Å²) >= 11 is 9.36. The molecule has 9 unspecified atom stereocenters. The molecule has 0 aromatic heterocycles. The molecule has 0 N–H and O–H groups in total. The van der Waals surface area contributed by atoms with Crippen molar-refractivity contribution in [2.45, 2.75) is 40.8 Å². The predicted octanol–water partition coefficient (Wildman–Crippen LogP) is 6.81. The minimum Gasteiger partial charge on any atom is -0.111 e. The SMILES string of the molecule is CSSC1CC2C(C(C)C1SS)[C@@H]1C3CC(C(SSC)C3SS)[C@H]21. The molecule has 138 valence electrons. The second-order valence-corrected chi connectivity index (χ2v) is 15.9. The summed E-state index contributed by atoms with van der Waals surface area (Å²) in [5.74, 6) is 6.73. The maximum absolute atomic E-state index is 4.69. The average Bonchev–Trinajstić information content (AvgIpc) is 3.04. The van der Waals surface area contributed by atoms with Gasteiger partial charge in [-0.25, -0.2) is 0 Å². The predicted molar refractivity (Wildman–Crippen MR) is 130 cm³/mol. The highest BCUT2D eigenvalue weighted by Crippen LogP contribution is 2.74. The van der Waals surface area contributed by atoms with E-state index in [-0.39, 0.29) is 0 Å². The van der Waals surface area contributed by atoms with Gasteiger partial charge in [-0.2, -0.15) is 0 Å². The van der Waals surface area contributed by atoms with Crippen molar-refractivity contribution in [3.05, 3.63) is 0 Å². The Labute approximate surface area is 181 Å². The second-order valence-electron chi connectivity index (χ2n) is 7.72. The van der Waals surface area contributed by atoms with E-state index in [1.165, 1.54) is 12.8 Å². The molecule has 4 rings (SSSR count). The minimum absolute atomic E-state index is 0.727. The molecule has 4 saturated carbocycles. The third-order valence-electron chi connectivity index (χ3n) is 7.25. The molecular weight excluding hydrogens is 449 g/mol. The number of hydrogen-bond acceptors (Lipinski definition) is 8. The van der Waals surface area contributed by atoms with Crippen LogP contribution in [0.4, 0.5) is 0 Å². The molecule has 0 radical (unpaired) electrons. The molecule has 4 aliphatic rings. The van der Waals surface area contributed by atoms with E-state index < -0.39 is 0 Å². The van der Waals surface area contributed by atoms with Gasteiger partial charge < -0.3 is 0 Å². The molecule has 0 nitrogen and oxygen atoms in total. The van der Waals surface area contributed by atoms with Crippen LogP contribution in [-0.2, 0) is 0 Å². The summed E-state index contributed by atoms with van der Waals surface area (Å²) in [5, 5.41) is 3.14. The van der Waals surface area contributed by atoms with Crippen LogP contribution in [0.2, 0.25) is 0 Å². The topological polar surface area (TPSA) is 0 Å². The van der Waals surface area contributed by atoms with Gasteiger partial charge in [-0.15, -0.1) is 23.3 Å². The summed E-state index contributed by atoms with van der Waals surface area (Å²) in [5.41, 5.74) is 0. The first-order valence-electron chi connectivity index (χ1n) is 8.67. The van der Waals surface area contributed by atoms with Crippen molar-refractivity contribution in [3.8, 4) is 0 Å². The molecule has 4 fully saturated rings. The Balaban J connectivity index is 1.57. The van der Waals surface area contributed by atoms with Crippen LogP contribution in [0.1, 0.15) is 19.8 Å². The Morgan fingerprint density at radius 3 is 2.00 bits per heavy atom. The fourth-order valence-corrected chi connectivity index (χ4v) is 16.2. The summed E-state index contributed by atoms with van der Waals surface area (Å²) in [6, 6.07) is 0. The first-order chi connectivity index (χ1) is 11.7. The Bertz CT molecular complexity index is 459. The van der Waals surface area contributed by atoms with Crippen molar-refractivity contribution in [1.82, 2.24) is 0 Å². The van der Waals surface area contributed by atoms with Gasteiger partial charge in [-0.1, -0.05) is 71.7 Å². The maximum atomic E-state index is 4.69. The van der Waals surface area contributed by atoms with Gasteiger partial charge in [0, 0.05) is 21.0 Å². The number of rotatable bonds is 6. The van der Waals surface area contributed by atoms with Crippen molar-refractivity contribution < 1.29 is 0 Å². The zero-order valence-electron chi connectivity index (χ0n) is 14.1. The summed E-state index contributed by atoms with van der Waals surface area (Å²) in [6.07, 6.45) is 7.42. The highest BCUT2D eigenvalue weighted by atomic mass is 33.1. The van der Waals surface area contributed by atoms with Crippen LogP contribution < -0.4 is 0 Å². The molecule has 0 aromatic rings. The number of thiol groups is 2. The van der Waals surface area contributed by atoms with Gasteiger partial charge in [0.25, 0.3) is 0 Å². The van der Waals surface area contributed by atoms with E-state index in [1.807, 2.05) is 43.2 Å². The van der Waals surface area contributed by atoms with Gasteiger partial charge in [-0.05, 0) is 66.8 Å². The number of hydrogen-bond donors (Lipinski definition) is 2. The van der Waals surface area contributed by atoms with Crippen molar-refractivity contribution in [1.29, 1.82) is 0 Å². The Hall–Kier alpha value is 2.80. The summed E-state index contributed by atoms with van der Waals surface area (Å²) < 4.78 is 0. The maximum Gasteiger partial charge on any atom is 0.0312 e. The smallest absolute Gasteiger partial charge is 0.0312 e. The summed E-state index contributed by atoms with van der Waals surface area (Å²) in [6.45, 7) is 2.54. The van der Waals surface area contributed by atoms with Crippen molar-refractivity contribution in [2.24, 2.45) is 41.4 Å². The van der Waals surface area contributed by atoms with Gasteiger partial charge in [0.15, 0.2) is 0 Å². The molecule has 24 heavy (non-hydrogen) atoms.